The van der Waals surface area contributed by atoms with E-state index in [-0.39, 0.29) is 0 Å². The van der Waals surface area contributed by atoms with E-state index in [1.807, 2.05) is 13.0 Å². The predicted molar refractivity (Wildman–Crippen MR) is 56.5 cm³/mol. The molecule has 1 N–H and O–H groups in total. The molecule has 15 heavy (non-hydrogen) atoms. The van der Waals surface area contributed by atoms with Gasteiger partial charge in [0.05, 0.1) is 5.71 Å². The quantitative estimate of drug-likeness (QED) is 0.692. The van der Waals surface area contributed by atoms with Gasteiger partial charge in [-0.15, -0.1) is 0 Å². The van der Waals surface area contributed by atoms with Gasteiger partial charge in [-0.05, 0) is 31.0 Å². The van der Waals surface area contributed by atoms with E-state index in [1.54, 1.807) is 0 Å². The number of benzene rings is 1. The summed E-state index contributed by atoms with van der Waals surface area (Å²) in [5, 5.41) is 4.26. The van der Waals surface area contributed by atoms with Crippen LogP contribution in [0.2, 0.25) is 0 Å². The molecular formula is C11H12N2O2. The monoisotopic (exact) mass is 204 g/mol. The van der Waals surface area contributed by atoms with E-state index in [4.69, 9.17) is 9.47 Å². The molecule has 1 aromatic rings. The van der Waals surface area contributed by atoms with Crippen molar-refractivity contribution >= 4 is 5.71 Å². The minimum absolute atomic E-state index is 0.326. The average Bonchev–Trinajstić information content (AvgIpc) is 2.62. The molecule has 2 aliphatic rings. The molecule has 4 heteroatoms. The molecule has 0 radical (unpaired) electrons. The molecule has 0 saturated carbocycles. The fourth-order valence-corrected chi connectivity index (χ4v) is 1.95. The van der Waals surface area contributed by atoms with Crippen LogP contribution in [-0.4, -0.2) is 19.0 Å². The Morgan fingerprint density at radius 1 is 1.27 bits per heavy atom. The number of hydrogen-bond donors (Lipinski definition) is 1. The van der Waals surface area contributed by atoms with Gasteiger partial charge in [0.1, 0.15) is 0 Å². The van der Waals surface area contributed by atoms with Crippen molar-refractivity contribution in [1.82, 2.24) is 5.43 Å². The summed E-state index contributed by atoms with van der Waals surface area (Å²) in [6.07, 6.45) is 0.965. The minimum atomic E-state index is 0.326. The number of hydrogen-bond acceptors (Lipinski definition) is 4. The second-order valence-electron chi connectivity index (χ2n) is 3.72. The highest BCUT2D eigenvalue weighted by Crippen LogP contribution is 2.35. The molecule has 0 spiro atoms. The lowest BCUT2D eigenvalue weighted by Gasteiger charge is -2.06. The summed E-state index contributed by atoms with van der Waals surface area (Å²) < 4.78 is 10.7. The van der Waals surface area contributed by atoms with Crippen LogP contribution in [0.1, 0.15) is 18.1 Å². The van der Waals surface area contributed by atoms with Crippen LogP contribution in [0.4, 0.5) is 0 Å². The molecule has 0 atom stereocenters. The van der Waals surface area contributed by atoms with Crippen LogP contribution >= 0.6 is 0 Å². The van der Waals surface area contributed by atoms with Gasteiger partial charge in [0.25, 0.3) is 0 Å². The fourth-order valence-electron chi connectivity index (χ4n) is 1.95. The third kappa shape index (κ3) is 1.33. The number of nitrogens with one attached hydrogen (secondary N) is 1. The highest BCUT2D eigenvalue weighted by Gasteiger charge is 2.19. The summed E-state index contributed by atoms with van der Waals surface area (Å²) in [7, 11) is 0. The van der Waals surface area contributed by atoms with Crippen molar-refractivity contribution in [2.45, 2.75) is 13.3 Å². The Bertz CT molecular complexity index is 440. The zero-order chi connectivity index (χ0) is 10.3. The largest absolute Gasteiger partial charge is 0.454 e. The number of ether oxygens (including phenoxy) is 2. The van der Waals surface area contributed by atoms with Gasteiger partial charge in [-0.3, -0.25) is 0 Å². The van der Waals surface area contributed by atoms with Crippen LogP contribution in [0.3, 0.4) is 0 Å². The van der Waals surface area contributed by atoms with E-state index in [9.17, 15) is 0 Å². The van der Waals surface area contributed by atoms with Crippen LogP contribution in [0, 0.1) is 0 Å². The number of fused-ring (bicyclic) bond motifs is 2. The summed E-state index contributed by atoms with van der Waals surface area (Å²) in [6.45, 7) is 3.19. The zero-order valence-electron chi connectivity index (χ0n) is 8.54. The van der Waals surface area contributed by atoms with Crippen LogP contribution in [0.25, 0.3) is 0 Å². The number of rotatable bonds is 0. The molecule has 3 rings (SSSR count). The molecule has 0 unspecified atom stereocenters. The lowest BCUT2D eigenvalue weighted by Crippen LogP contribution is -2.08. The van der Waals surface area contributed by atoms with Gasteiger partial charge < -0.3 is 14.9 Å². The Morgan fingerprint density at radius 2 is 2.07 bits per heavy atom. The molecule has 4 nitrogen and oxygen atoms in total. The Labute approximate surface area is 87.9 Å². The minimum Gasteiger partial charge on any atom is -0.454 e. The molecule has 0 bridgehead atoms. The maximum Gasteiger partial charge on any atom is 0.231 e. The van der Waals surface area contributed by atoms with Gasteiger partial charge in [0, 0.05) is 12.1 Å². The van der Waals surface area contributed by atoms with Crippen molar-refractivity contribution in [3.05, 3.63) is 23.3 Å². The second-order valence-corrected chi connectivity index (χ2v) is 3.72. The van der Waals surface area contributed by atoms with E-state index in [0.717, 1.165) is 35.7 Å². The van der Waals surface area contributed by atoms with Gasteiger partial charge in [-0.25, -0.2) is 0 Å². The molecule has 0 aliphatic carbocycles. The van der Waals surface area contributed by atoms with Crippen molar-refractivity contribution in [2.24, 2.45) is 5.10 Å². The number of nitrogens with zero attached hydrogens (tertiary/aromatic N) is 1. The molecule has 0 amide bonds. The fraction of sp³-hybridized carbons (Fsp3) is 0.364. The first-order valence-electron chi connectivity index (χ1n) is 5.04. The van der Waals surface area contributed by atoms with E-state index in [1.165, 1.54) is 5.56 Å². The first kappa shape index (κ1) is 8.59. The Morgan fingerprint density at radius 3 is 2.93 bits per heavy atom. The van der Waals surface area contributed by atoms with E-state index in [0.29, 0.717) is 6.79 Å². The van der Waals surface area contributed by atoms with Gasteiger partial charge >= 0.3 is 0 Å². The van der Waals surface area contributed by atoms with Crippen molar-refractivity contribution < 1.29 is 9.47 Å². The summed E-state index contributed by atoms with van der Waals surface area (Å²) >= 11 is 0. The van der Waals surface area contributed by atoms with Gasteiger partial charge in [-0.1, -0.05) is 0 Å². The number of hydrazone groups is 1. The molecule has 0 saturated heterocycles. The maximum absolute atomic E-state index is 5.36. The van der Waals surface area contributed by atoms with Crippen LogP contribution in [0.15, 0.2) is 17.2 Å². The zero-order valence-corrected chi connectivity index (χ0v) is 8.54. The summed E-state index contributed by atoms with van der Waals surface area (Å²) in [5.41, 5.74) is 6.45. The predicted octanol–water partition coefficient (Wildman–Crippen LogP) is 1.28. The smallest absolute Gasteiger partial charge is 0.231 e. The van der Waals surface area contributed by atoms with Gasteiger partial charge in [0.2, 0.25) is 6.79 Å². The standard InChI is InChI=1S/C11H12N2O2/c1-7-9-5-11-10(14-6-15-11)4-8(9)2-3-12-13-7/h4-5,12H,2-3,6H2,1H3. The Kier molecular flexibility index (Phi) is 1.80. The van der Waals surface area contributed by atoms with E-state index >= 15 is 0 Å². The van der Waals surface area contributed by atoms with Crippen LogP contribution in [-0.2, 0) is 6.42 Å². The average molecular weight is 204 g/mol. The molecule has 2 heterocycles. The normalized spacial score (nSPS) is 17.5. The SMILES string of the molecule is CC1=NNCCc2cc3c(cc21)OCO3. The summed E-state index contributed by atoms with van der Waals surface area (Å²) in [5.74, 6) is 1.67. The highest BCUT2D eigenvalue weighted by atomic mass is 16.7. The highest BCUT2D eigenvalue weighted by molar-refractivity contribution is 6.00. The maximum atomic E-state index is 5.36. The third-order valence-electron chi connectivity index (χ3n) is 2.74. The van der Waals surface area contributed by atoms with E-state index < -0.39 is 0 Å². The van der Waals surface area contributed by atoms with Gasteiger partial charge in [-0.2, -0.15) is 5.10 Å². The molecule has 2 aliphatic heterocycles. The van der Waals surface area contributed by atoms with Crippen molar-refractivity contribution in [3.63, 3.8) is 0 Å². The van der Waals surface area contributed by atoms with Crippen LogP contribution in [0.5, 0.6) is 11.5 Å². The van der Waals surface area contributed by atoms with E-state index in [2.05, 4.69) is 16.6 Å². The first-order chi connectivity index (χ1) is 7.34. The Hall–Kier alpha value is -1.71. The van der Waals surface area contributed by atoms with Crippen molar-refractivity contribution in [3.8, 4) is 11.5 Å². The van der Waals surface area contributed by atoms with Gasteiger partial charge in [0.15, 0.2) is 11.5 Å². The van der Waals surface area contributed by atoms with Crippen LogP contribution < -0.4 is 14.9 Å². The van der Waals surface area contributed by atoms with Crippen molar-refractivity contribution in [1.29, 1.82) is 0 Å². The molecule has 1 aromatic carbocycles. The summed E-state index contributed by atoms with van der Waals surface area (Å²) in [6, 6.07) is 4.08. The Balaban J connectivity index is 2.16. The molecular weight excluding hydrogens is 192 g/mol. The van der Waals surface area contributed by atoms with Crippen molar-refractivity contribution in [2.75, 3.05) is 13.3 Å². The first-order valence-corrected chi connectivity index (χ1v) is 5.04. The molecule has 0 fully saturated rings. The second kappa shape index (κ2) is 3.15. The third-order valence-corrected chi connectivity index (χ3v) is 2.74. The topological polar surface area (TPSA) is 42.9 Å². The molecule has 78 valence electrons. The molecule has 0 aromatic heterocycles. The summed E-state index contributed by atoms with van der Waals surface area (Å²) in [4.78, 5) is 0. The lowest BCUT2D eigenvalue weighted by molar-refractivity contribution is 0.174. The lowest BCUT2D eigenvalue weighted by atomic mass is 10.0.